The Morgan fingerprint density at radius 1 is 1.50 bits per heavy atom. The molecule has 16 heavy (non-hydrogen) atoms. The number of hydrogen-bond donors (Lipinski definition) is 3. The zero-order valence-electron chi connectivity index (χ0n) is 8.43. The summed E-state index contributed by atoms with van der Waals surface area (Å²) in [5, 5.41) is 13.6. The van der Waals surface area contributed by atoms with Crippen molar-refractivity contribution >= 4 is 28.9 Å². The first-order chi connectivity index (χ1) is 7.58. The number of nitrogens with one attached hydrogen (secondary N) is 2. The van der Waals surface area contributed by atoms with Crippen molar-refractivity contribution in [3.05, 3.63) is 0 Å². The molecule has 0 aromatic heterocycles. The Kier molecular flexibility index (Phi) is 3.04. The van der Waals surface area contributed by atoms with Crippen LogP contribution < -0.4 is 10.6 Å². The lowest BCUT2D eigenvalue weighted by Gasteiger charge is -2.16. The van der Waals surface area contributed by atoms with Gasteiger partial charge in [-0.3, -0.25) is 9.59 Å². The van der Waals surface area contributed by atoms with Crippen LogP contribution >= 0.6 is 11.8 Å². The molecule has 2 atom stereocenters. The van der Waals surface area contributed by atoms with Crippen molar-refractivity contribution in [2.75, 3.05) is 5.75 Å². The Balaban J connectivity index is 1.90. The molecule has 0 aromatic carbocycles. The first-order valence-corrected chi connectivity index (χ1v) is 6.03. The lowest BCUT2D eigenvalue weighted by Crippen LogP contribution is -2.50. The first kappa shape index (κ1) is 11.3. The normalized spacial score (nSPS) is 26.0. The van der Waals surface area contributed by atoms with Crippen molar-refractivity contribution in [1.82, 2.24) is 10.6 Å². The third-order valence-electron chi connectivity index (χ3n) is 2.65. The van der Waals surface area contributed by atoms with Crippen molar-refractivity contribution in [3.63, 3.8) is 0 Å². The van der Waals surface area contributed by atoms with E-state index in [0.29, 0.717) is 5.75 Å². The molecule has 1 saturated heterocycles. The van der Waals surface area contributed by atoms with Gasteiger partial charge in [-0.05, 0) is 18.8 Å². The van der Waals surface area contributed by atoms with E-state index in [2.05, 4.69) is 10.6 Å². The molecule has 0 aromatic rings. The fourth-order valence-corrected chi connectivity index (χ4v) is 2.37. The molecular formula is C9H12N2O4S. The van der Waals surface area contributed by atoms with E-state index in [9.17, 15) is 14.4 Å². The molecule has 0 bridgehead atoms. The van der Waals surface area contributed by atoms with Crippen LogP contribution in [0.3, 0.4) is 0 Å². The number of thioether (sulfide) groups is 1. The number of carbonyl (C=O) groups is 3. The predicted octanol–water partition coefficient (Wildman–Crippen LogP) is -0.209. The summed E-state index contributed by atoms with van der Waals surface area (Å²) in [5.74, 6) is -1.00. The molecule has 2 unspecified atom stereocenters. The van der Waals surface area contributed by atoms with Gasteiger partial charge in [-0.2, -0.15) is 0 Å². The summed E-state index contributed by atoms with van der Waals surface area (Å²) in [5.41, 5.74) is 0. The van der Waals surface area contributed by atoms with Crippen LogP contribution in [0.4, 0.5) is 4.79 Å². The number of carbonyl (C=O) groups excluding carboxylic acids is 2. The summed E-state index contributed by atoms with van der Waals surface area (Å²) >= 11 is 1.03. The first-order valence-electron chi connectivity index (χ1n) is 5.04. The molecule has 3 N–H and O–H groups in total. The Bertz CT molecular complexity index is 342. The minimum atomic E-state index is -1.01. The summed E-state index contributed by atoms with van der Waals surface area (Å²) in [6.07, 6.45) is 1.67. The highest BCUT2D eigenvalue weighted by Gasteiger charge is 2.39. The molecule has 2 rings (SSSR count). The van der Waals surface area contributed by atoms with Crippen LogP contribution in [-0.2, 0) is 9.59 Å². The number of rotatable bonds is 4. The predicted molar refractivity (Wildman–Crippen MR) is 57.1 cm³/mol. The molecule has 1 aliphatic heterocycles. The zero-order chi connectivity index (χ0) is 11.7. The van der Waals surface area contributed by atoms with Crippen molar-refractivity contribution in [2.24, 2.45) is 5.92 Å². The highest BCUT2D eigenvalue weighted by Crippen LogP contribution is 2.32. The quantitative estimate of drug-likeness (QED) is 0.636. The molecule has 1 heterocycles. The summed E-state index contributed by atoms with van der Waals surface area (Å²) in [4.78, 5) is 33.4. The van der Waals surface area contributed by atoms with E-state index >= 15 is 0 Å². The molecule has 0 spiro atoms. The van der Waals surface area contributed by atoms with E-state index in [4.69, 9.17) is 5.11 Å². The third-order valence-corrected chi connectivity index (χ3v) is 3.53. The van der Waals surface area contributed by atoms with Gasteiger partial charge in [0.05, 0.1) is 0 Å². The number of hydrogen-bond acceptors (Lipinski definition) is 4. The van der Waals surface area contributed by atoms with Crippen LogP contribution in [0.2, 0.25) is 0 Å². The lowest BCUT2D eigenvalue weighted by atomic mass is 10.1. The molecule has 2 aliphatic rings. The molecule has 7 heteroatoms. The standard InChI is InChI=1S/C9H12N2O4S/c12-7(5-3-16-9(15)10-5)11-6(8(13)14)4-1-2-4/h4-6H,1-3H2,(H,10,15)(H,11,12)(H,13,14). The van der Waals surface area contributed by atoms with Gasteiger partial charge in [0, 0.05) is 5.75 Å². The van der Waals surface area contributed by atoms with Crippen molar-refractivity contribution < 1.29 is 19.5 Å². The van der Waals surface area contributed by atoms with Gasteiger partial charge >= 0.3 is 5.97 Å². The lowest BCUT2D eigenvalue weighted by molar-refractivity contribution is -0.142. The van der Waals surface area contributed by atoms with Crippen LogP contribution in [0.1, 0.15) is 12.8 Å². The minimum Gasteiger partial charge on any atom is -0.480 e. The van der Waals surface area contributed by atoms with Gasteiger partial charge in [-0.15, -0.1) is 0 Å². The molecule has 2 fully saturated rings. The van der Waals surface area contributed by atoms with Crippen LogP contribution in [0.5, 0.6) is 0 Å². The van der Waals surface area contributed by atoms with E-state index in [1.807, 2.05) is 0 Å². The summed E-state index contributed by atoms with van der Waals surface area (Å²) in [6.45, 7) is 0. The van der Waals surface area contributed by atoms with Gasteiger partial charge in [0.15, 0.2) is 0 Å². The van der Waals surface area contributed by atoms with E-state index in [1.54, 1.807) is 0 Å². The number of carboxylic acids is 1. The molecule has 0 radical (unpaired) electrons. The van der Waals surface area contributed by atoms with Gasteiger partial charge in [0.1, 0.15) is 12.1 Å². The SMILES string of the molecule is O=C1NC(C(=O)NC(C(=O)O)C2CC2)CS1. The van der Waals surface area contributed by atoms with Gasteiger partial charge in [0.25, 0.3) is 5.24 Å². The van der Waals surface area contributed by atoms with E-state index in [1.165, 1.54) is 0 Å². The van der Waals surface area contributed by atoms with E-state index < -0.39 is 24.0 Å². The van der Waals surface area contributed by atoms with Gasteiger partial charge < -0.3 is 15.7 Å². The highest BCUT2D eigenvalue weighted by atomic mass is 32.2. The second kappa shape index (κ2) is 4.32. The summed E-state index contributed by atoms with van der Waals surface area (Å²) in [7, 11) is 0. The van der Waals surface area contributed by atoms with Gasteiger partial charge in [0.2, 0.25) is 5.91 Å². The second-order valence-corrected chi connectivity index (χ2v) is 4.95. The smallest absolute Gasteiger partial charge is 0.326 e. The van der Waals surface area contributed by atoms with Crippen molar-refractivity contribution in [2.45, 2.75) is 24.9 Å². The van der Waals surface area contributed by atoms with E-state index in [-0.39, 0.29) is 11.2 Å². The van der Waals surface area contributed by atoms with Gasteiger partial charge in [-0.25, -0.2) is 4.79 Å². The Labute approximate surface area is 96.1 Å². The maximum Gasteiger partial charge on any atom is 0.326 e. The van der Waals surface area contributed by atoms with Crippen molar-refractivity contribution in [3.8, 4) is 0 Å². The largest absolute Gasteiger partial charge is 0.480 e. The highest BCUT2D eigenvalue weighted by molar-refractivity contribution is 8.14. The summed E-state index contributed by atoms with van der Waals surface area (Å²) < 4.78 is 0. The van der Waals surface area contributed by atoms with Crippen LogP contribution in [0, 0.1) is 5.92 Å². The fourth-order valence-electron chi connectivity index (χ4n) is 1.59. The van der Waals surface area contributed by atoms with Crippen LogP contribution in [-0.4, -0.2) is 40.1 Å². The topological polar surface area (TPSA) is 95.5 Å². The van der Waals surface area contributed by atoms with Crippen LogP contribution in [0.15, 0.2) is 0 Å². The Hall–Kier alpha value is -1.24. The van der Waals surface area contributed by atoms with Crippen molar-refractivity contribution in [1.29, 1.82) is 0 Å². The monoisotopic (exact) mass is 244 g/mol. The minimum absolute atomic E-state index is 0.0474. The molecule has 1 saturated carbocycles. The maximum absolute atomic E-state index is 11.6. The Morgan fingerprint density at radius 3 is 2.62 bits per heavy atom. The molecule has 88 valence electrons. The fraction of sp³-hybridized carbons (Fsp3) is 0.667. The average Bonchev–Trinajstić information content (AvgIpc) is 2.96. The average molecular weight is 244 g/mol. The summed E-state index contributed by atoms with van der Waals surface area (Å²) in [6, 6.07) is -1.41. The zero-order valence-corrected chi connectivity index (χ0v) is 9.25. The third kappa shape index (κ3) is 2.46. The molecule has 2 amide bonds. The van der Waals surface area contributed by atoms with Crippen LogP contribution in [0.25, 0.3) is 0 Å². The van der Waals surface area contributed by atoms with Gasteiger partial charge in [-0.1, -0.05) is 11.8 Å². The number of carboxylic acid groups (broad SMARTS) is 1. The molecule has 6 nitrogen and oxygen atoms in total. The molecule has 1 aliphatic carbocycles. The number of amides is 2. The second-order valence-electron chi connectivity index (χ2n) is 3.96. The Morgan fingerprint density at radius 2 is 2.19 bits per heavy atom. The van der Waals surface area contributed by atoms with E-state index in [0.717, 1.165) is 24.6 Å². The maximum atomic E-state index is 11.6. The number of aliphatic carboxylic acids is 1. The molecular weight excluding hydrogens is 232 g/mol.